The fourth-order valence-electron chi connectivity index (χ4n) is 1.53. The van der Waals surface area contributed by atoms with E-state index in [0.29, 0.717) is 5.75 Å². The summed E-state index contributed by atoms with van der Waals surface area (Å²) < 4.78 is 6.67. The number of H-pyrrole nitrogens is 1. The largest absolute Gasteiger partial charge is 0.492 e. The van der Waals surface area contributed by atoms with Crippen LogP contribution in [0, 0.1) is 11.3 Å². The first kappa shape index (κ1) is 12.6. The summed E-state index contributed by atoms with van der Waals surface area (Å²) in [5, 5.41) is 8.72. The van der Waals surface area contributed by atoms with Gasteiger partial charge in [-0.2, -0.15) is 5.26 Å². The number of aromatic amines is 1. The maximum atomic E-state index is 11.5. The molecule has 0 aliphatic heterocycles. The van der Waals surface area contributed by atoms with Gasteiger partial charge in [-0.1, -0.05) is 18.2 Å². The van der Waals surface area contributed by atoms with E-state index >= 15 is 0 Å². The van der Waals surface area contributed by atoms with Gasteiger partial charge in [0, 0.05) is 6.20 Å². The lowest BCUT2D eigenvalue weighted by Gasteiger charge is -2.07. The molecule has 0 radical (unpaired) electrons. The number of hydrogen-bond acceptors (Lipinski definition) is 4. The average Bonchev–Trinajstić information content (AvgIpc) is 2.42. The normalized spacial score (nSPS) is 9.84. The molecule has 0 bridgehead atoms. The number of benzene rings is 1. The predicted octanol–water partition coefficient (Wildman–Crippen LogP) is 0.487. The van der Waals surface area contributed by atoms with Crippen LogP contribution in [0.5, 0.6) is 5.75 Å². The molecule has 1 heterocycles. The molecule has 19 heavy (non-hydrogen) atoms. The summed E-state index contributed by atoms with van der Waals surface area (Å²) >= 11 is 0. The minimum atomic E-state index is -0.673. The van der Waals surface area contributed by atoms with Crippen LogP contribution in [0.25, 0.3) is 0 Å². The molecule has 96 valence electrons. The van der Waals surface area contributed by atoms with Crippen molar-refractivity contribution in [2.75, 3.05) is 6.61 Å². The van der Waals surface area contributed by atoms with E-state index in [1.165, 1.54) is 10.8 Å². The van der Waals surface area contributed by atoms with Crippen LogP contribution >= 0.6 is 0 Å². The van der Waals surface area contributed by atoms with Crippen molar-refractivity contribution in [2.24, 2.45) is 0 Å². The number of rotatable bonds is 4. The van der Waals surface area contributed by atoms with Gasteiger partial charge >= 0.3 is 5.69 Å². The molecule has 0 unspecified atom stereocenters. The summed E-state index contributed by atoms with van der Waals surface area (Å²) in [7, 11) is 0. The van der Waals surface area contributed by atoms with Crippen LogP contribution in [-0.4, -0.2) is 16.2 Å². The monoisotopic (exact) mass is 257 g/mol. The summed E-state index contributed by atoms with van der Waals surface area (Å²) in [6.45, 7) is 0.514. The zero-order chi connectivity index (χ0) is 13.7. The fourth-order valence-corrected chi connectivity index (χ4v) is 1.53. The Kier molecular flexibility index (Phi) is 3.78. The molecule has 6 nitrogen and oxygen atoms in total. The number of nitriles is 1. The van der Waals surface area contributed by atoms with Crippen LogP contribution < -0.4 is 16.0 Å². The second-order valence-electron chi connectivity index (χ2n) is 3.77. The van der Waals surface area contributed by atoms with Crippen molar-refractivity contribution in [3.63, 3.8) is 0 Å². The quantitative estimate of drug-likeness (QED) is 0.863. The number of ether oxygens (including phenoxy) is 1. The molecule has 1 aromatic carbocycles. The van der Waals surface area contributed by atoms with Crippen molar-refractivity contribution in [3.05, 3.63) is 62.9 Å². The van der Waals surface area contributed by atoms with Crippen molar-refractivity contribution in [3.8, 4) is 11.8 Å². The predicted molar refractivity (Wildman–Crippen MR) is 68.0 cm³/mol. The highest BCUT2D eigenvalue weighted by atomic mass is 16.5. The van der Waals surface area contributed by atoms with E-state index in [9.17, 15) is 9.59 Å². The van der Waals surface area contributed by atoms with Gasteiger partial charge in [0.1, 0.15) is 24.0 Å². The van der Waals surface area contributed by atoms with Crippen molar-refractivity contribution in [1.82, 2.24) is 9.55 Å². The topological polar surface area (TPSA) is 87.9 Å². The van der Waals surface area contributed by atoms with Gasteiger partial charge < -0.3 is 4.74 Å². The fraction of sp³-hybridized carbons (Fsp3) is 0.154. The van der Waals surface area contributed by atoms with Gasteiger partial charge in [-0.3, -0.25) is 14.3 Å². The maximum Gasteiger partial charge on any atom is 0.328 e. The standard InChI is InChI=1S/C13H11N3O3/c14-8-10-9-16(13(18)15-12(10)17)6-7-19-11-4-2-1-3-5-11/h1-5,9H,6-7H2,(H,15,17,18). The number of hydrogen-bond donors (Lipinski definition) is 1. The van der Waals surface area contributed by atoms with Crippen molar-refractivity contribution >= 4 is 0 Å². The van der Waals surface area contributed by atoms with Gasteiger partial charge in [-0.25, -0.2) is 4.79 Å². The highest BCUT2D eigenvalue weighted by Gasteiger charge is 2.03. The Labute approximate surface area is 108 Å². The van der Waals surface area contributed by atoms with Gasteiger partial charge in [0.05, 0.1) is 6.54 Å². The van der Waals surface area contributed by atoms with Crippen molar-refractivity contribution < 1.29 is 4.74 Å². The van der Waals surface area contributed by atoms with Crippen LogP contribution in [0.1, 0.15) is 5.56 Å². The van der Waals surface area contributed by atoms with Crippen LogP contribution in [0.4, 0.5) is 0 Å². The SMILES string of the molecule is N#Cc1cn(CCOc2ccccc2)c(=O)[nH]c1=O. The number of nitrogens with one attached hydrogen (secondary N) is 1. The first-order chi connectivity index (χ1) is 9.20. The third-order valence-electron chi connectivity index (χ3n) is 2.48. The minimum Gasteiger partial charge on any atom is -0.492 e. The molecule has 0 saturated carbocycles. The molecular formula is C13H11N3O3. The van der Waals surface area contributed by atoms with Crippen LogP contribution in [0.2, 0.25) is 0 Å². The number of para-hydroxylation sites is 1. The van der Waals surface area contributed by atoms with Crippen LogP contribution in [0.15, 0.2) is 46.1 Å². The lowest BCUT2D eigenvalue weighted by molar-refractivity contribution is 0.295. The van der Waals surface area contributed by atoms with E-state index in [-0.39, 0.29) is 18.7 Å². The van der Waals surface area contributed by atoms with Gasteiger partial charge in [0.2, 0.25) is 0 Å². The van der Waals surface area contributed by atoms with Gasteiger partial charge in [0.25, 0.3) is 5.56 Å². The Hall–Kier alpha value is -2.81. The van der Waals surface area contributed by atoms with Crippen molar-refractivity contribution in [2.45, 2.75) is 6.54 Å². The molecule has 0 amide bonds. The smallest absolute Gasteiger partial charge is 0.328 e. The zero-order valence-electron chi connectivity index (χ0n) is 10.00. The molecule has 0 spiro atoms. The van der Waals surface area contributed by atoms with Gasteiger partial charge in [-0.05, 0) is 12.1 Å². The van der Waals surface area contributed by atoms with E-state index < -0.39 is 11.2 Å². The number of nitrogens with zero attached hydrogens (tertiary/aromatic N) is 2. The molecule has 2 aromatic rings. The summed E-state index contributed by atoms with van der Waals surface area (Å²) in [6, 6.07) is 10.9. The Bertz CT molecular complexity index is 710. The minimum absolute atomic E-state index is 0.0979. The van der Waals surface area contributed by atoms with Crippen molar-refractivity contribution in [1.29, 1.82) is 5.26 Å². The molecule has 0 saturated heterocycles. The lowest BCUT2D eigenvalue weighted by Crippen LogP contribution is -2.32. The second-order valence-corrected chi connectivity index (χ2v) is 3.77. The van der Waals surface area contributed by atoms with Crippen LogP contribution in [0.3, 0.4) is 0 Å². The molecule has 0 aliphatic carbocycles. The molecule has 0 fully saturated rings. The van der Waals surface area contributed by atoms with Crippen LogP contribution in [-0.2, 0) is 6.54 Å². The summed E-state index contributed by atoms with van der Waals surface area (Å²) in [6.07, 6.45) is 1.23. The zero-order valence-corrected chi connectivity index (χ0v) is 10.00. The maximum absolute atomic E-state index is 11.5. The van der Waals surface area contributed by atoms with Gasteiger partial charge in [0.15, 0.2) is 0 Å². The third-order valence-corrected chi connectivity index (χ3v) is 2.48. The average molecular weight is 257 g/mol. The van der Waals surface area contributed by atoms with E-state index in [1.54, 1.807) is 18.2 Å². The number of aromatic nitrogens is 2. The highest BCUT2D eigenvalue weighted by molar-refractivity contribution is 5.22. The summed E-state index contributed by atoms with van der Waals surface area (Å²) in [5.74, 6) is 0.695. The van der Waals surface area contributed by atoms with Gasteiger partial charge in [-0.15, -0.1) is 0 Å². The molecule has 1 N–H and O–H groups in total. The Morgan fingerprint density at radius 1 is 1.26 bits per heavy atom. The lowest BCUT2D eigenvalue weighted by atomic mass is 10.3. The molecular weight excluding hydrogens is 246 g/mol. The second kappa shape index (κ2) is 5.69. The molecule has 0 aliphatic rings. The van der Waals surface area contributed by atoms with E-state index in [2.05, 4.69) is 4.98 Å². The van der Waals surface area contributed by atoms with E-state index in [0.717, 1.165) is 0 Å². The van der Waals surface area contributed by atoms with E-state index in [4.69, 9.17) is 10.00 Å². The summed E-state index contributed by atoms with van der Waals surface area (Å²) in [5.41, 5.74) is -1.33. The Morgan fingerprint density at radius 2 is 2.00 bits per heavy atom. The Morgan fingerprint density at radius 3 is 2.68 bits per heavy atom. The molecule has 2 rings (SSSR count). The first-order valence-electron chi connectivity index (χ1n) is 5.62. The first-order valence-corrected chi connectivity index (χ1v) is 5.62. The summed E-state index contributed by atoms with van der Waals surface area (Å²) in [4.78, 5) is 24.8. The molecule has 0 atom stereocenters. The van der Waals surface area contributed by atoms with E-state index in [1.807, 2.05) is 18.2 Å². The highest BCUT2D eigenvalue weighted by Crippen LogP contribution is 2.07. The molecule has 1 aromatic heterocycles. The molecule has 6 heteroatoms. The third kappa shape index (κ3) is 3.10. The Balaban J connectivity index is 2.06.